The van der Waals surface area contributed by atoms with Gasteiger partial charge in [-0.05, 0) is 25.1 Å². The van der Waals surface area contributed by atoms with Crippen molar-refractivity contribution in [1.29, 1.82) is 0 Å². The summed E-state index contributed by atoms with van der Waals surface area (Å²) in [7, 11) is 0. The number of carbonyl (C=O) groups is 1. The van der Waals surface area contributed by atoms with Gasteiger partial charge in [0.1, 0.15) is 5.56 Å². The highest BCUT2D eigenvalue weighted by Crippen LogP contribution is 2.29. The fourth-order valence-electron chi connectivity index (χ4n) is 2.19. The Bertz CT molecular complexity index is 827. The summed E-state index contributed by atoms with van der Waals surface area (Å²) >= 11 is 0. The number of halogens is 3. The van der Waals surface area contributed by atoms with Gasteiger partial charge in [0.15, 0.2) is 5.76 Å². The Morgan fingerprint density at radius 1 is 1.36 bits per heavy atom. The van der Waals surface area contributed by atoms with Crippen molar-refractivity contribution in [3.05, 3.63) is 52.4 Å². The van der Waals surface area contributed by atoms with Crippen molar-refractivity contribution in [3.63, 3.8) is 0 Å². The average Bonchev–Trinajstić information content (AvgIpc) is 2.93. The molecule has 0 fully saturated rings. The number of nitrogens with zero attached hydrogens (tertiary/aromatic N) is 1. The molecule has 4 nitrogen and oxygen atoms in total. The average molecular weight is 350 g/mol. The van der Waals surface area contributed by atoms with Crippen LogP contribution < -0.4 is 5.32 Å². The summed E-state index contributed by atoms with van der Waals surface area (Å²) in [6.07, 6.45) is -4.41. The van der Waals surface area contributed by atoms with Gasteiger partial charge in [0, 0.05) is 11.5 Å². The summed E-state index contributed by atoms with van der Waals surface area (Å²) in [6, 6.07) is 4.72. The lowest BCUT2D eigenvalue weighted by atomic mass is 10.0. The standard InChI is InChI=1S/C18H17F3N2O2/c1-11(2)16-15(12(3)23-25-16)17(24)22-9-5-7-13-6-4-8-14(10-13)18(19,20)21/h4,6,8,10-11H,9H2,1-3H3,(H,22,24). The highest BCUT2D eigenvalue weighted by Gasteiger charge is 2.30. The molecule has 25 heavy (non-hydrogen) atoms. The fraction of sp³-hybridized carbons (Fsp3) is 0.333. The Hall–Kier alpha value is -2.75. The monoisotopic (exact) mass is 350 g/mol. The van der Waals surface area contributed by atoms with E-state index in [4.69, 9.17) is 4.52 Å². The second-order valence-electron chi connectivity index (χ2n) is 5.72. The van der Waals surface area contributed by atoms with Crippen LogP contribution in [0.25, 0.3) is 0 Å². The first-order valence-electron chi connectivity index (χ1n) is 7.60. The summed E-state index contributed by atoms with van der Waals surface area (Å²) in [6.45, 7) is 5.42. The minimum Gasteiger partial charge on any atom is -0.360 e. The van der Waals surface area contributed by atoms with Gasteiger partial charge < -0.3 is 9.84 Å². The molecule has 132 valence electrons. The second kappa shape index (κ2) is 7.43. The van der Waals surface area contributed by atoms with E-state index in [1.165, 1.54) is 12.1 Å². The van der Waals surface area contributed by atoms with Crippen LogP contribution in [0.4, 0.5) is 13.2 Å². The molecule has 0 saturated heterocycles. The molecular formula is C18H17F3N2O2. The number of rotatable bonds is 3. The molecule has 7 heteroatoms. The zero-order valence-corrected chi connectivity index (χ0v) is 14.0. The fourth-order valence-corrected chi connectivity index (χ4v) is 2.19. The van der Waals surface area contributed by atoms with E-state index < -0.39 is 11.7 Å². The third-order valence-electron chi connectivity index (χ3n) is 3.40. The maximum atomic E-state index is 12.6. The van der Waals surface area contributed by atoms with Crippen LogP contribution in [0.1, 0.15) is 52.7 Å². The van der Waals surface area contributed by atoms with Crippen molar-refractivity contribution >= 4 is 5.91 Å². The summed E-state index contributed by atoms with van der Waals surface area (Å²) in [5, 5.41) is 6.39. The van der Waals surface area contributed by atoms with Crippen molar-refractivity contribution in [3.8, 4) is 11.8 Å². The van der Waals surface area contributed by atoms with Gasteiger partial charge in [0.2, 0.25) is 0 Å². The largest absolute Gasteiger partial charge is 0.416 e. The van der Waals surface area contributed by atoms with Crippen molar-refractivity contribution in [2.24, 2.45) is 0 Å². The third-order valence-corrected chi connectivity index (χ3v) is 3.40. The minimum atomic E-state index is -4.41. The summed E-state index contributed by atoms with van der Waals surface area (Å²) in [5.41, 5.74) is 0.320. The molecule has 0 radical (unpaired) electrons. The quantitative estimate of drug-likeness (QED) is 0.854. The smallest absolute Gasteiger partial charge is 0.360 e. The Morgan fingerprint density at radius 2 is 2.08 bits per heavy atom. The van der Waals surface area contributed by atoms with Crippen LogP contribution in [0, 0.1) is 18.8 Å². The summed E-state index contributed by atoms with van der Waals surface area (Å²) in [5.74, 6) is 5.36. The van der Waals surface area contributed by atoms with E-state index in [1.54, 1.807) is 6.92 Å². The molecule has 0 atom stereocenters. The van der Waals surface area contributed by atoms with Crippen LogP contribution in [0.2, 0.25) is 0 Å². The molecule has 1 aromatic heterocycles. The van der Waals surface area contributed by atoms with Crippen LogP contribution in [0.5, 0.6) is 0 Å². The number of carbonyl (C=O) groups excluding carboxylic acids is 1. The number of hydrogen-bond donors (Lipinski definition) is 1. The molecule has 1 N–H and O–H groups in total. The first kappa shape index (κ1) is 18.6. The number of benzene rings is 1. The van der Waals surface area contributed by atoms with Gasteiger partial charge in [0.25, 0.3) is 5.91 Å². The molecule has 1 aromatic carbocycles. The number of aromatic nitrogens is 1. The Morgan fingerprint density at radius 3 is 2.72 bits per heavy atom. The van der Waals surface area contributed by atoms with Crippen molar-refractivity contribution < 1.29 is 22.5 Å². The predicted molar refractivity (Wildman–Crippen MR) is 86.0 cm³/mol. The van der Waals surface area contributed by atoms with E-state index in [2.05, 4.69) is 22.3 Å². The Balaban J connectivity index is 2.04. The molecule has 1 amide bonds. The molecule has 2 rings (SSSR count). The van der Waals surface area contributed by atoms with Gasteiger partial charge in [-0.1, -0.05) is 36.9 Å². The maximum Gasteiger partial charge on any atom is 0.416 e. The molecule has 0 aliphatic carbocycles. The molecule has 0 aliphatic rings. The number of alkyl halides is 3. The minimum absolute atomic E-state index is 0.00172. The van der Waals surface area contributed by atoms with Crippen LogP contribution in [0.15, 0.2) is 28.8 Å². The maximum absolute atomic E-state index is 12.6. The van der Waals surface area contributed by atoms with E-state index in [0.29, 0.717) is 17.0 Å². The normalized spacial score (nSPS) is 11.2. The lowest BCUT2D eigenvalue weighted by Crippen LogP contribution is -2.25. The van der Waals surface area contributed by atoms with E-state index in [0.717, 1.165) is 12.1 Å². The molecule has 0 aliphatic heterocycles. The number of nitrogens with one attached hydrogen (secondary N) is 1. The zero-order chi connectivity index (χ0) is 18.6. The van der Waals surface area contributed by atoms with Crippen molar-refractivity contribution in [1.82, 2.24) is 10.5 Å². The third kappa shape index (κ3) is 4.63. The van der Waals surface area contributed by atoms with Gasteiger partial charge in [0.05, 0.1) is 17.8 Å². The molecular weight excluding hydrogens is 333 g/mol. The molecule has 0 spiro atoms. The highest BCUT2D eigenvalue weighted by molar-refractivity contribution is 5.96. The Labute approximate surface area is 143 Å². The van der Waals surface area contributed by atoms with Crippen molar-refractivity contribution in [2.45, 2.75) is 32.9 Å². The highest BCUT2D eigenvalue weighted by atomic mass is 19.4. The lowest BCUT2D eigenvalue weighted by molar-refractivity contribution is -0.137. The van der Waals surface area contributed by atoms with Gasteiger partial charge in [-0.3, -0.25) is 4.79 Å². The number of amides is 1. The van der Waals surface area contributed by atoms with E-state index in [1.807, 2.05) is 13.8 Å². The van der Waals surface area contributed by atoms with Crippen LogP contribution in [0.3, 0.4) is 0 Å². The zero-order valence-electron chi connectivity index (χ0n) is 14.0. The predicted octanol–water partition coefficient (Wildman–Crippen LogP) is 3.91. The molecule has 2 aromatic rings. The lowest BCUT2D eigenvalue weighted by Gasteiger charge is -2.06. The Kier molecular flexibility index (Phi) is 5.52. The van der Waals surface area contributed by atoms with Crippen molar-refractivity contribution in [2.75, 3.05) is 6.54 Å². The van der Waals surface area contributed by atoms with Gasteiger partial charge in [-0.25, -0.2) is 0 Å². The molecule has 0 unspecified atom stereocenters. The van der Waals surface area contributed by atoms with Gasteiger partial charge >= 0.3 is 6.18 Å². The number of hydrogen-bond acceptors (Lipinski definition) is 3. The van der Waals surface area contributed by atoms with E-state index in [-0.39, 0.29) is 23.9 Å². The summed E-state index contributed by atoms with van der Waals surface area (Å²) in [4.78, 5) is 12.2. The topological polar surface area (TPSA) is 55.1 Å². The first-order chi connectivity index (χ1) is 11.7. The van der Waals surface area contributed by atoms with E-state index in [9.17, 15) is 18.0 Å². The van der Waals surface area contributed by atoms with E-state index >= 15 is 0 Å². The molecule has 0 bridgehead atoms. The molecule has 1 heterocycles. The SMILES string of the molecule is Cc1noc(C(C)C)c1C(=O)NCC#Cc1cccc(C(F)(F)F)c1. The van der Waals surface area contributed by atoms with Gasteiger partial charge in [-0.2, -0.15) is 13.2 Å². The number of aryl methyl sites for hydroxylation is 1. The first-order valence-corrected chi connectivity index (χ1v) is 7.60. The molecule has 0 saturated carbocycles. The summed E-state index contributed by atoms with van der Waals surface area (Å²) < 4.78 is 43.1. The second-order valence-corrected chi connectivity index (χ2v) is 5.72. The van der Waals surface area contributed by atoms with Crippen LogP contribution >= 0.6 is 0 Å². The van der Waals surface area contributed by atoms with Crippen LogP contribution in [-0.4, -0.2) is 17.6 Å². The van der Waals surface area contributed by atoms with Crippen LogP contribution in [-0.2, 0) is 6.18 Å². The van der Waals surface area contributed by atoms with Gasteiger partial charge in [-0.15, -0.1) is 0 Å².